The van der Waals surface area contributed by atoms with Crippen LogP contribution in [0.5, 0.6) is 11.5 Å². The Morgan fingerprint density at radius 1 is 1.00 bits per heavy atom. The Hall–Kier alpha value is -3.00. The summed E-state index contributed by atoms with van der Waals surface area (Å²) in [5.74, 6) is 4.43. The lowest BCUT2D eigenvalue weighted by Crippen LogP contribution is -2.22. The van der Waals surface area contributed by atoms with Gasteiger partial charge in [-0.2, -0.15) is 11.8 Å². The summed E-state index contributed by atoms with van der Waals surface area (Å²) in [4.78, 5) is 12.3. The number of ether oxygens (including phenoxy) is 2. The van der Waals surface area contributed by atoms with Gasteiger partial charge >= 0.3 is 0 Å². The average molecular weight is 467 g/mol. The van der Waals surface area contributed by atoms with E-state index in [0.717, 1.165) is 66.7 Å². The minimum absolute atomic E-state index is 0.0567. The zero-order valence-corrected chi connectivity index (χ0v) is 19.8. The van der Waals surface area contributed by atoms with E-state index in [2.05, 4.69) is 50.6 Å². The molecule has 1 amide bonds. The van der Waals surface area contributed by atoms with Crippen LogP contribution in [0.1, 0.15) is 42.0 Å². The first-order valence-electron chi connectivity index (χ1n) is 11.3. The van der Waals surface area contributed by atoms with Gasteiger partial charge < -0.3 is 19.4 Å². The molecule has 0 saturated heterocycles. The number of amides is 1. The average Bonchev–Trinajstić information content (AvgIpc) is 3.46. The topological polar surface area (TPSA) is 78.3 Å². The van der Waals surface area contributed by atoms with Crippen LogP contribution in [0.15, 0.2) is 48.5 Å². The van der Waals surface area contributed by atoms with Gasteiger partial charge in [0.25, 0.3) is 0 Å². The number of hydrogen-bond donors (Lipinski definition) is 1. The third kappa shape index (κ3) is 6.51. The first-order chi connectivity index (χ1) is 16.2. The van der Waals surface area contributed by atoms with Gasteiger partial charge in [-0.15, -0.1) is 10.2 Å². The molecule has 0 saturated carbocycles. The highest BCUT2D eigenvalue weighted by molar-refractivity contribution is 7.97. The fourth-order valence-electron chi connectivity index (χ4n) is 3.85. The Morgan fingerprint density at radius 3 is 2.67 bits per heavy atom. The summed E-state index contributed by atoms with van der Waals surface area (Å²) >= 11 is 1.76. The summed E-state index contributed by atoms with van der Waals surface area (Å²) in [6.07, 6.45) is 6.08. The van der Waals surface area contributed by atoms with Gasteiger partial charge in [-0.25, -0.2) is 0 Å². The Labute approximate surface area is 198 Å². The van der Waals surface area contributed by atoms with E-state index in [1.54, 1.807) is 11.8 Å². The Bertz CT molecular complexity index is 1060. The fraction of sp³-hybridized carbons (Fsp3) is 0.400. The molecule has 0 atom stereocenters. The van der Waals surface area contributed by atoms with Crippen molar-refractivity contribution in [1.82, 2.24) is 20.1 Å². The van der Waals surface area contributed by atoms with E-state index in [-0.39, 0.29) is 12.7 Å². The molecule has 7 nitrogen and oxygen atoms in total. The number of thioether (sulfide) groups is 1. The second-order valence-electron chi connectivity index (χ2n) is 8.02. The van der Waals surface area contributed by atoms with Gasteiger partial charge in [-0.1, -0.05) is 36.4 Å². The van der Waals surface area contributed by atoms with Crippen molar-refractivity contribution in [3.63, 3.8) is 0 Å². The smallest absolute Gasteiger partial charge is 0.231 e. The first kappa shape index (κ1) is 23.2. The Balaban J connectivity index is 1.22. The van der Waals surface area contributed by atoms with Crippen molar-refractivity contribution >= 4 is 17.7 Å². The molecule has 33 heavy (non-hydrogen) atoms. The zero-order valence-electron chi connectivity index (χ0n) is 19.0. The number of aryl methyl sites for hydroxylation is 2. The van der Waals surface area contributed by atoms with E-state index in [1.165, 1.54) is 5.56 Å². The van der Waals surface area contributed by atoms with Gasteiger partial charge in [0, 0.05) is 25.9 Å². The monoisotopic (exact) mass is 466 g/mol. The maximum atomic E-state index is 12.3. The highest BCUT2D eigenvalue weighted by atomic mass is 32.2. The second-order valence-corrected chi connectivity index (χ2v) is 8.89. The van der Waals surface area contributed by atoms with Gasteiger partial charge in [0.2, 0.25) is 12.7 Å². The molecule has 1 aromatic heterocycles. The van der Waals surface area contributed by atoms with Gasteiger partial charge in [0.1, 0.15) is 11.6 Å². The van der Waals surface area contributed by atoms with E-state index in [4.69, 9.17) is 9.47 Å². The molecule has 2 heterocycles. The SMILES string of the molecule is CSCc1nnc(CCCCC(=O)NCc2ccc3c(c2)OCO3)n1CCc1ccccc1. The highest BCUT2D eigenvalue weighted by Crippen LogP contribution is 2.32. The van der Waals surface area contributed by atoms with Crippen molar-refractivity contribution in [2.45, 2.75) is 50.9 Å². The fourth-order valence-corrected chi connectivity index (χ4v) is 4.32. The van der Waals surface area contributed by atoms with Crippen molar-refractivity contribution in [3.05, 3.63) is 71.3 Å². The van der Waals surface area contributed by atoms with Crippen LogP contribution in [-0.4, -0.2) is 33.7 Å². The molecular formula is C25H30N4O3S. The minimum Gasteiger partial charge on any atom is -0.454 e. The van der Waals surface area contributed by atoms with Crippen LogP contribution >= 0.6 is 11.8 Å². The summed E-state index contributed by atoms with van der Waals surface area (Å²) in [5.41, 5.74) is 2.31. The number of aromatic nitrogens is 3. The number of rotatable bonds is 12. The summed E-state index contributed by atoms with van der Waals surface area (Å²) in [6, 6.07) is 16.2. The van der Waals surface area contributed by atoms with Gasteiger partial charge in [0.15, 0.2) is 11.5 Å². The molecule has 1 aliphatic heterocycles. The first-order valence-corrected chi connectivity index (χ1v) is 12.7. The molecule has 0 spiro atoms. The second kappa shape index (κ2) is 11.7. The summed E-state index contributed by atoms with van der Waals surface area (Å²) in [5, 5.41) is 11.8. The van der Waals surface area contributed by atoms with Gasteiger partial charge in [0.05, 0.1) is 5.75 Å². The number of carbonyl (C=O) groups is 1. The molecule has 4 rings (SSSR count). The van der Waals surface area contributed by atoms with E-state index in [0.29, 0.717) is 13.0 Å². The van der Waals surface area contributed by atoms with E-state index in [9.17, 15) is 4.79 Å². The molecule has 174 valence electrons. The van der Waals surface area contributed by atoms with Crippen LogP contribution in [0.2, 0.25) is 0 Å². The maximum absolute atomic E-state index is 12.3. The van der Waals surface area contributed by atoms with E-state index >= 15 is 0 Å². The number of nitrogens with zero attached hydrogens (tertiary/aromatic N) is 3. The lowest BCUT2D eigenvalue weighted by molar-refractivity contribution is -0.121. The number of fused-ring (bicyclic) bond motifs is 1. The lowest BCUT2D eigenvalue weighted by Gasteiger charge is -2.10. The zero-order chi connectivity index (χ0) is 22.9. The summed E-state index contributed by atoms with van der Waals surface area (Å²) in [6.45, 7) is 1.61. The molecular weight excluding hydrogens is 436 g/mol. The Kier molecular flexibility index (Phi) is 8.24. The third-order valence-electron chi connectivity index (χ3n) is 5.63. The van der Waals surface area contributed by atoms with Crippen LogP contribution in [0.4, 0.5) is 0 Å². The summed E-state index contributed by atoms with van der Waals surface area (Å²) < 4.78 is 13.0. The molecule has 1 N–H and O–H groups in total. The molecule has 0 radical (unpaired) electrons. The minimum atomic E-state index is 0.0567. The molecule has 1 aliphatic rings. The number of benzene rings is 2. The van der Waals surface area contributed by atoms with Crippen molar-refractivity contribution in [2.75, 3.05) is 13.0 Å². The van der Waals surface area contributed by atoms with E-state index in [1.807, 2.05) is 24.3 Å². The largest absolute Gasteiger partial charge is 0.454 e. The van der Waals surface area contributed by atoms with Crippen LogP contribution in [0.3, 0.4) is 0 Å². The predicted octanol–water partition coefficient (Wildman–Crippen LogP) is 4.14. The molecule has 0 aliphatic carbocycles. The van der Waals surface area contributed by atoms with Crippen LogP contribution in [0, 0.1) is 0 Å². The number of unbranched alkanes of at least 4 members (excludes halogenated alkanes) is 1. The Morgan fingerprint density at radius 2 is 1.82 bits per heavy atom. The quantitative estimate of drug-likeness (QED) is 0.404. The van der Waals surface area contributed by atoms with Crippen molar-refractivity contribution in [3.8, 4) is 11.5 Å². The summed E-state index contributed by atoms with van der Waals surface area (Å²) in [7, 11) is 0. The molecule has 8 heteroatoms. The maximum Gasteiger partial charge on any atom is 0.231 e. The molecule has 2 aromatic carbocycles. The molecule has 0 fully saturated rings. The number of hydrogen-bond acceptors (Lipinski definition) is 6. The molecule has 3 aromatic rings. The van der Waals surface area contributed by atoms with Crippen molar-refractivity contribution < 1.29 is 14.3 Å². The van der Waals surface area contributed by atoms with Crippen LogP contribution in [0.25, 0.3) is 0 Å². The number of nitrogens with one attached hydrogen (secondary N) is 1. The highest BCUT2D eigenvalue weighted by Gasteiger charge is 2.14. The van der Waals surface area contributed by atoms with Crippen molar-refractivity contribution in [1.29, 1.82) is 0 Å². The van der Waals surface area contributed by atoms with Gasteiger partial charge in [-0.05, 0) is 48.8 Å². The normalized spacial score (nSPS) is 12.2. The van der Waals surface area contributed by atoms with Gasteiger partial charge in [-0.3, -0.25) is 4.79 Å². The van der Waals surface area contributed by atoms with E-state index < -0.39 is 0 Å². The molecule has 0 bridgehead atoms. The number of carbonyl (C=O) groups excluding carboxylic acids is 1. The molecule has 0 unspecified atom stereocenters. The standard InChI is InChI=1S/C25H30N4O3S/c1-33-17-24-28-27-23(29(24)14-13-19-7-3-2-4-8-19)9-5-6-10-25(30)26-16-20-11-12-21-22(15-20)32-18-31-21/h2-4,7-8,11-12,15H,5-6,9-10,13-14,16-18H2,1H3,(H,26,30). The predicted molar refractivity (Wildman–Crippen MR) is 129 cm³/mol. The van der Waals surface area contributed by atoms with Crippen LogP contribution < -0.4 is 14.8 Å². The van der Waals surface area contributed by atoms with Crippen LogP contribution in [-0.2, 0) is 36.5 Å². The lowest BCUT2D eigenvalue weighted by atomic mass is 10.1. The third-order valence-corrected chi connectivity index (χ3v) is 6.17. The van der Waals surface area contributed by atoms with Crippen molar-refractivity contribution in [2.24, 2.45) is 0 Å².